The van der Waals surface area contributed by atoms with Crippen molar-refractivity contribution in [1.82, 2.24) is 4.98 Å². The molecular weight excluding hydrogens is 356 g/mol. The molecule has 0 atom stereocenters. The van der Waals surface area contributed by atoms with Gasteiger partial charge in [-0.3, -0.25) is 4.79 Å². The number of hydrogen-bond donors (Lipinski definition) is 0. The molecule has 124 valence electrons. The van der Waals surface area contributed by atoms with E-state index < -0.39 is 0 Å². The van der Waals surface area contributed by atoms with Crippen molar-refractivity contribution in [3.63, 3.8) is 0 Å². The van der Waals surface area contributed by atoms with Crippen LogP contribution in [0.4, 0.5) is 5.82 Å². The molecule has 0 spiro atoms. The normalized spacial score (nSPS) is 15.0. The fourth-order valence-electron chi connectivity index (χ4n) is 2.57. The van der Waals surface area contributed by atoms with E-state index in [9.17, 15) is 4.79 Å². The lowest BCUT2D eigenvalue weighted by Gasteiger charge is -2.31. The summed E-state index contributed by atoms with van der Waals surface area (Å²) in [6.07, 6.45) is 2.56. The van der Waals surface area contributed by atoms with E-state index in [2.05, 4.69) is 62.8 Å². The zero-order valence-corrected chi connectivity index (χ0v) is 15.3. The predicted molar refractivity (Wildman–Crippen MR) is 97.7 cm³/mol. The summed E-state index contributed by atoms with van der Waals surface area (Å²) in [5, 5.41) is 1.19. The van der Waals surface area contributed by atoms with Crippen LogP contribution in [0.5, 0.6) is 0 Å². The van der Waals surface area contributed by atoms with Gasteiger partial charge in [0.2, 0.25) is 0 Å². The second kappa shape index (κ2) is 8.87. The molecule has 4 nitrogen and oxygen atoms in total. The number of benzene rings is 1. The summed E-state index contributed by atoms with van der Waals surface area (Å²) in [4.78, 5) is 16.4. The van der Waals surface area contributed by atoms with Gasteiger partial charge < -0.3 is 9.64 Å². The third kappa shape index (κ3) is 5.20. The molecule has 1 aromatic carbocycles. The number of hydrogen-bond acceptors (Lipinski definition) is 4. The van der Waals surface area contributed by atoms with Gasteiger partial charge in [0.1, 0.15) is 5.82 Å². The minimum Gasteiger partial charge on any atom is -0.468 e. The number of halogens is 1. The SMILES string of the molecule is CC1CCN(c2ccc3cc(Br)ccc3n2)CC1.CCOC=O. The van der Waals surface area contributed by atoms with E-state index in [1.807, 2.05) is 0 Å². The van der Waals surface area contributed by atoms with E-state index in [0.29, 0.717) is 13.1 Å². The van der Waals surface area contributed by atoms with E-state index >= 15 is 0 Å². The Hall–Kier alpha value is -1.62. The molecular formula is C18H23BrN2O2. The number of aromatic nitrogens is 1. The maximum atomic E-state index is 9.18. The van der Waals surface area contributed by atoms with Crippen LogP contribution in [0.25, 0.3) is 10.9 Å². The summed E-state index contributed by atoms with van der Waals surface area (Å²) in [6.45, 7) is 7.27. The molecule has 1 fully saturated rings. The first-order valence-corrected chi connectivity index (χ1v) is 8.80. The Balaban J connectivity index is 0.000000338. The first-order chi connectivity index (χ1) is 11.1. The van der Waals surface area contributed by atoms with Crippen molar-refractivity contribution >= 4 is 39.1 Å². The van der Waals surface area contributed by atoms with Gasteiger partial charge >= 0.3 is 0 Å². The molecule has 0 amide bonds. The standard InChI is InChI=1S/C15H17BrN2.C3H6O2/c1-11-6-8-18(9-7-11)15-5-2-12-10-13(16)3-4-14(12)17-15;1-2-5-3-4/h2-5,10-11H,6-9H2,1H3;3H,2H2,1H3. The Labute approximate surface area is 146 Å². The number of carbonyl (C=O) groups is 1. The maximum Gasteiger partial charge on any atom is 0.293 e. The van der Waals surface area contributed by atoms with Gasteiger partial charge in [-0.15, -0.1) is 0 Å². The van der Waals surface area contributed by atoms with Gasteiger partial charge in [0.15, 0.2) is 0 Å². The van der Waals surface area contributed by atoms with Crippen molar-refractivity contribution < 1.29 is 9.53 Å². The minimum absolute atomic E-state index is 0.431. The topological polar surface area (TPSA) is 42.4 Å². The summed E-state index contributed by atoms with van der Waals surface area (Å²) in [5.41, 5.74) is 1.08. The summed E-state index contributed by atoms with van der Waals surface area (Å²) in [7, 11) is 0. The van der Waals surface area contributed by atoms with Crippen LogP contribution >= 0.6 is 15.9 Å². The third-order valence-corrected chi connectivity index (χ3v) is 4.47. The van der Waals surface area contributed by atoms with Gasteiger partial charge in [0, 0.05) is 22.9 Å². The van der Waals surface area contributed by atoms with Gasteiger partial charge in [-0.25, -0.2) is 4.98 Å². The Morgan fingerprint density at radius 3 is 2.65 bits per heavy atom. The molecule has 0 radical (unpaired) electrons. The highest BCUT2D eigenvalue weighted by Gasteiger charge is 2.16. The monoisotopic (exact) mass is 378 g/mol. The van der Waals surface area contributed by atoms with Crippen molar-refractivity contribution in [2.45, 2.75) is 26.7 Å². The Morgan fingerprint density at radius 2 is 2.04 bits per heavy atom. The third-order valence-electron chi connectivity index (χ3n) is 3.98. The number of anilines is 1. The molecule has 1 aliphatic heterocycles. The average molecular weight is 379 g/mol. The van der Waals surface area contributed by atoms with Crippen molar-refractivity contribution in [2.75, 3.05) is 24.6 Å². The maximum absolute atomic E-state index is 9.18. The number of rotatable bonds is 3. The van der Waals surface area contributed by atoms with Crippen LogP contribution in [0.15, 0.2) is 34.8 Å². The number of carbonyl (C=O) groups excluding carboxylic acids is 1. The average Bonchev–Trinajstić information content (AvgIpc) is 2.56. The highest BCUT2D eigenvalue weighted by atomic mass is 79.9. The number of ether oxygens (including phenoxy) is 1. The fourth-order valence-corrected chi connectivity index (χ4v) is 2.95. The largest absolute Gasteiger partial charge is 0.468 e. The van der Waals surface area contributed by atoms with Crippen LogP contribution in [0.3, 0.4) is 0 Å². The van der Waals surface area contributed by atoms with E-state index in [1.165, 1.54) is 18.2 Å². The van der Waals surface area contributed by atoms with Crippen LogP contribution in [0.1, 0.15) is 26.7 Å². The number of pyridine rings is 1. The molecule has 0 aliphatic carbocycles. The molecule has 1 aromatic heterocycles. The molecule has 3 rings (SSSR count). The van der Waals surface area contributed by atoms with Crippen LogP contribution in [-0.2, 0) is 9.53 Å². The van der Waals surface area contributed by atoms with Gasteiger partial charge in [0.25, 0.3) is 6.47 Å². The van der Waals surface area contributed by atoms with Gasteiger partial charge in [-0.1, -0.05) is 22.9 Å². The zero-order chi connectivity index (χ0) is 16.7. The molecule has 1 aliphatic rings. The van der Waals surface area contributed by atoms with E-state index in [0.717, 1.165) is 34.8 Å². The first kappa shape index (κ1) is 17.7. The van der Waals surface area contributed by atoms with E-state index in [4.69, 9.17) is 4.98 Å². The highest BCUT2D eigenvalue weighted by molar-refractivity contribution is 9.10. The fraction of sp³-hybridized carbons (Fsp3) is 0.444. The molecule has 5 heteroatoms. The zero-order valence-electron chi connectivity index (χ0n) is 13.7. The van der Waals surface area contributed by atoms with Crippen molar-refractivity contribution in [1.29, 1.82) is 0 Å². The molecule has 23 heavy (non-hydrogen) atoms. The summed E-state index contributed by atoms with van der Waals surface area (Å²) in [6, 6.07) is 10.6. The van der Waals surface area contributed by atoms with Crippen LogP contribution in [-0.4, -0.2) is 31.2 Å². The van der Waals surface area contributed by atoms with Gasteiger partial charge in [0.05, 0.1) is 12.1 Å². The predicted octanol–water partition coefficient (Wildman–Crippen LogP) is 4.41. The Kier molecular flexibility index (Phi) is 6.84. The lowest BCUT2D eigenvalue weighted by Crippen LogP contribution is -2.33. The molecule has 2 heterocycles. The number of piperidine rings is 1. The first-order valence-electron chi connectivity index (χ1n) is 8.00. The van der Waals surface area contributed by atoms with E-state index in [1.54, 1.807) is 6.92 Å². The smallest absolute Gasteiger partial charge is 0.293 e. The molecule has 0 saturated carbocycles. The molecule has 2 aromatic rings. The van der Waals surface area contributed by atoms with Crippen molar-refractivity contribution in [3.05, 3.63) is 34.8 Å². The Bertz CT molecular complexity index is 640. The summed E-state index contributed by atoms with van der Waals surface area (Å²) in [5.74, 6) is 1.98. The summed E-state index contributed by atoms with van der Waals surface area (Å²) >= 11 is 3.50. The van der Waals surface area contributed by atoms with Crippen LogP contribution in [0.2, 0.25) is 0 Å². The van der Waals surface area contributed by atoms with Gasteiger partial charge in [-0.05, 0) is 56.0 Å². The van der Waals surface area contributed by atoms with Gasteiger partial charge in [-0.2, -0.15) is 0 Å². The molecule has 1 saturated heterocycles. The second-order valence-electron chi connectivity index (χ2n) is 5.73. The molecule has 0 unspecified atom stereocenters. The highest BCUT2D eigenvalue weighted by Crippen LogP contribution is 2.25. The number of fused-ring (bicyclic) bond motifs is 1. The molecule has 0 bridgehead atoms. The van der Waals surface area contributed by atoms with Crippen molar-refractivity contribution in [2.24, 2.45) is 5.92 Å². The second-order valence-corrected chi connectivity index (χ2v) is 6.64. The number of nitrogens with zero attached hydrogens (tertiary/aromatic N) is 2. The molecule has 0 N–H and O–H groups in total. The van der Waals surface area contributed by atoms with Crippen molar-refractivity contribution in [3.8, 4) is 0 Å². The summed E-state index contributed by atoms with van der Waals surface area (Å²) < 4.78 is 5.26. The lowest BCUT2D eigenvalue weighted by atomic mass is 9.99. The van der Waals surface area contributed by atoms with Crippen LogP contribution in [0, 0.1) is 5.92 Å². The van der Waals surface area contributed by atoms with Crippen LogP contribution < -0.4 is 4.90 Å². The lowest BCUT2D eigenvalue weighted by molar-refractivity contribution is -0.128. The minimum atomic E-state index is 0.431. The quantitative estimate of drug-likeness (QED) is 0.741. The van der Waals surface area contributed by atoms with E-state index in [-0.39, 0.29) is 0 Å². The Morgan fingerprint density at radius 1 is 1.30 bits per heavy atom.